The van der Waals surface area contributed by atoms with Crippen molar-refractivity contribution in [1.82, 2.24) is 20.2 Å². The number of nitrogens with one attached hydrogen (secondary N) is 2. The highest BCUT2D eigenvalue weighted by Crippen LogP contribution is 1.98. The summed E-state index contributed by atoms with van der Waals surface area (Å²) in [6.07, 6.45) is 3.06. The van der Waals surface area contributed by atoms with E-state index in [0.29, 0.717) is 6.54 Å². The second-order valence-corrected chi connectivity index (χ2v) is 3.43. The minimum atomic E-state index is -0.0291. The highest BCUT2D eigenvalue weighted by Gasteiger charge is 2.11. The van der Waals surface area contributed by atoms with Crippen LogP contribution in [0, 0.1) is 0 Å². The lowest BCUT2D eigenvalue weighted by molar-refractivity contribution is 0.232. The molecule has 1 saturated heterocycles. The molecule has 1 fully saturated rings. The Balaban J connectivity index is 2.03. The molecule has 0 aliphatic carbocycles. The first kappa shape index (κ1) is 9.36. The van der Waals surface area contributed by atoms with Gasteiger partial charge in [-0.25, -0.2) is 4.98 Å². The monoisotopic (exact) mass is 194 g/mol. The first-order chi connectivity index (χ1) is 6.86. The summed E-state index contributed by atoms with van der Waals surface area (Å²) in [5, 5.41) is 3.27. The first-order valence-electron chi connectivity index (χ1n) is 4.81. The van der Waals surface area contributed by atoms with Gasteiger partial charge in [0.05, 0.1) is 6.33 Å². The fourth-order valence-corrected chi connectivity index (χ4v) is 1.60. The number of H-pyrrole nitrogens is 1. The van der Waals surface area contributed by atoms with Crippen LogP contribution in [-0.4, -0.2) is 41.0 Å². The van der Waals surface area contributed by atoms with Crippen LogP contribution in [0.15, 0.2) is 17.3 Å². The fourth-order valence-electron chi connectivity index (χ4n) is 1.60. The van der Waals surface area contributed by atoms with E-state index >= 15 is 0 Å². The molecule has 1 aromatic rings. The van der Waals surface area contributed by atoms with Gasteiger partial charge < -0.3 is 10.3 Å². The van der Waals surface area contributed by atoms with Crippen LogP contribution >= 0.6 is 0 Å². The quantitative estimate of drug-likeness (QED) is 0.645. The van der Waals surface area contributed by atoms with Gasteiger partial charge in [0, 0.05) is 44.5 Å². The normalized spacial score (nSPS) is 18.3. The van der Waals surface area contributed by atoms with E-state index in [1.165, 1.54) is 6.33 Å². The molecule has 0 unspecified atom stereocenters. The summed E-state index contributed by atoms with van der Waals surface area (Å²) in [4.78, 5) is 20.1. The van der Waals surface area contributed by atoms with E-state index in [1.807, 2.05) is 0 Å². The molecule has 0 atom stereocenters. The van der Waals surface area contributed by atoms with Crippen LogP contribution in [0.25, 0.3) is 0 Å². The van der Waals surface area contributed by atoms with Crippen molar-refractivity contribution in [3.8, 4) is 0 Å². The maximum absolute atomic E-state index is 11.4. The molecular formula is C9H14N4O. The molecule has 0 saturated carbocycles. The Morgan fingerprint density at radius 3 is 2.93 bits per heavy atom. The van der Waals surface area contributed by atoms with E-state index in [1.54, 1.807) is 6.20 Å². The topological polar surface area (TPSA) is 61.0 Å². The third-order valence-electron chi connectivity index (χ3n) is 2.40. The van der Waals surface area contributed by atoms with Crippen molar-refractivity contribution in [3.63, 3.8) is 0 Å². The molecule has 76 valence electrons. The summed E-state index contributed by atoms with van der Waals surface area (Å²) in [5.74, 6) is 0. The van der Waals surface area contributed by atoms with Crippen molar-refractivity contribution < 1.29 is 0 Å². The van der Waals surface area contributed by atoms with E-state index in [9.17, 15) is 4.79 Å². The fraction of sp³-hybridized carbons (Fsp3) is 0.556. The molecule has 2 N–H and O–H groups in total. The number of hydrogen-bond acceptors (Lipinski definition) is 4. The highest BCUT2D eigenvalue weighted by molar-refractivity contribution is 5.02. The predicted molar refractivity (Wildman–Crippen MR) is 53.0 cm³/mol. The molecule has 0 bridgehead atoms. The van der Waals surface area contributed by atoms with Crippen molar-refractivity contribution in [2.24, 2.45) is 0 Å². The molecule has 5 heteroatoms. The van der Waals surface area contributed by atoms with Gasteiger partial charge in [-0.05, 0) is 0 Å². The Bertz CT molecular complexity index is 343. The molecule has 1 aliphatic rings. The maximum atomic E-state index is 11.4. The minimum absolute atomic E-state index is 0.0291. The Hall–Kier alpha value is -1.20. The largest absolute Gasteiger partial charge is 0.314 e. The van der Waals surface area contributed by atoms with Gasteiger partial charge in [-0.2, -0.15) is 0 Å². The van der Waals surface area contributed by atoms with Crippen molar-refractivity contribution in [3.05, 3.63) is 28.4 Å². The molecule has 0 radical (unpaired) electrons. The zero-order valence-corrected chi connectivity index (χ0v) is 7.99. The summed E-state index contributed by atoms with van der Waals surface area (Å²) >= 11 is 0. The standard InChI is InChI=1S/C9H14N4O/c14-9-8(5-11-7-12-9)6-13-3-1-10-2-4-13/h5,7,10H,1-4,6H2,(H,11,12,14). The van der Waals surface area contributed by atoms with Gasteiger partial charge in [-0.15, -0.1) is 0 Å². The number of aromatic amines is 1. The summed E-state index contributed by atoms with van der Waals surface area (Å²) in [6, 6.07) is 0. The molecular weight excluding hydrogens is 180 g/mol. The van der Waals surface area contributed by atoms with E-state index in [4.69, 9.17) is 0 Å². The second-order valence-electron chi connectivity index (χ2n) is 3.43. The lowest BCUT2D eigenvalue weighted by atomic mass is 10.3. The molecule has 0 amide bonds. The van der Waals surface area contributed by atoms with Gasteiger partial charge in [-0.3, -0.25) is 9.69 Å². The Morgan fingerprint density at radius 1 is 1.43 bits per heavy atom. The summed E-state index contributed by atoms with van der Waals surface area (Å²) in [5.41, 5.74) is 0.716. The molecule has 2 heterocycles. The van der Waals surface area contributed by atoms with Crippen LogP contribution in [0.1, 0.15) is 5.56 Å². The van der Waals surface area contributed by atoms with Crippen LogP contribution < -0.4 is 10.9 Å². The number of nitrogens with zero attached hydrogens (tertiary/aromatic N) is 2. The van der Waals surface area contributed by atoms with E-state index in [-0.39, 0.29) is 5.56 Å². The van der Waals surface area contributed by atoms with E-state index in [2.05, 4.69) is 20.2 Å². The van der Waals surface area contributed by atoms with Crippen LogP contribution in [0.5, 0.6) is 0 Å². The van der Waals surface area contributed by atoms with Crippen molar-refractivity contribution in [2.45, 2.75) is 6.54 Å². The molecule has 1 aliphatic heterocycles. The Morgan fingerprint density at radius 2 is 2.21 bits per heavy atom. The van der Waals surface area contributed by atoms with Gasteiger partial charge in [0.15, 0.2) is 0 Å². The van der Waals surface area contributed by atoms with Crippen molar-refractivity contribution in [1.29, 1.82) is 0 Å². The van der Waals surface area contributed by atoms with Gasteiger partial charge in [0.2, 0.25) is 0 Å². The first-order valence-corrected chi connectivity index (χ1v) is 4.81. The molecule has 0 aromatic carbocycles. The Labute approximate surface area is 82.2 Å². The third kappa shape index (κ3) is 2.18. The van der Waals surface area contributed by atoms with Crippen molar-refractivity contribution >= 4 is 0 Å². The van der Waals surface area contributed by atoms with Gasteiger partial charge in [0.1, 0.15) is 0 Å². The van der Waals surface area contributed by atoms with Gasteiger partial charge in [0.25, 0.3) is 5.56 Å². The van der Waals surface area contributed by atoms with Gasteiger partial charge in [-0.1, -0.05) is 0 Å². The number of hydrogen-bond donors (Lipinski definition) is 2. The van der Waals surface area contributed by atoms with E-state index < -0.39 is 0 Å². The predicted octanol–water partition coefficient (Wildman–Crippen LogP) is -0.825. The van der Waals surface area contributed by atoms with Gasteiger partial charge >= 0.3 is 0 Å². The zero-order valence-electron chi connectivity index (χ0n) is 7.99. The molecule has 2 rings (SSSR count). The van der Waals surface area contributed by atoms with Crippen LogP contribution in [0.2, 0.25) is 0 Å². The molecule has 0 spiro atoms. The average Bonchev–Trinajstić information content (AvgIpc) is 2.23. The summed E-state index contributed by atoms with van der Waals surface area (Å²) in [6.45, 7) is 4.68. The summed E-state index contributed by atoms with van der Waals surface area (Å²) < 4.78 is 0. The molecule has 5 nitrogen and oxygen atoms in total. The smallest absolute Gasteiger partial charge is 0.255 e. The zero-order chi connectivity index (χ0) is 9.80. The number of rotatable bonds is 2. The number of piperazine rings is 1. The number of aromatic nitrogens is 2. The average molecular weight is 194 g/mol. The second kappa shape index (κ2) is 4.34. The lowest BCUT2D eigenvalue weighted by Crippen LogP contribution is -2.43. The SMILES string of the molecule is O=c1[nH]cncc1CN1CCNCC1. The van der Waals surface area contributed by atoms with E-state index in [0.717, 1.165) is 31.7 Å². The molecule has 1 aromatic heterocycles. The highest BCUT2D eigenvalue weighted by atomic mass is 16.1. The molecule has 14 heavy (non-hydrogen) atoms. The van der Waals surface area contributed by atoms with Crippen LogP contribution in [0.3, 0.4) is 0 Å². The van der Waals surface area contributed by atoms with Crippen molar-refractivity contribution in [2.75, 3.05) is 26.2 Å². The third-order valence-corrected chi connectivity index (χ3v) is 2.40. The Kier molecular flexibility index (Phi) is 2.90. The lowest BCUT2D eigenvalue weighted by Gasteiger charge is -2.26. The maximum Gasteiger partial charge on any atom is 0.255 e. The van der Waals surface area contributed by atoms with Crippen LogP contribution in [-0.2, 0) is 6.54 Å². The van der Waals surface area contributed by atoms with Crippen LogP contribution in [0.4, 0.5) is 0 Å². The minimum Gasteiger partial charge on any atom is -0.314 e. The summed E-state index contributed by atoms with van der Waals surface area (Å²) in [7, 11) is 0.